The molecule has 35 heavy (non-hydrogen) atoms. The maximum atomic E-state index is 13.6. The van der Waals surface area contributed by atoms with Crippen LogP contribution in [0.3, 0.4) is 0 Å². The molecule has 0 unspecified atom stereocenters. The van der Waals surface area contributed by atoms with Crippen LogP contribution in [0, 0.1) is 5.92 Å². The Morgan fingerprint density at radius 3 is 2.43 bits per heavy atom. The van der Waals surface area contributed by atoms with Gasteiger partial charge in [-0.25, -0.2) is 4.79 Å². The number of primary amides is 1. The quantitative estimate of drug-likeness (QED) is 0.293. The number of carbonyl (C=O) groups is 5. The second kappa shape index (κ2) is 10.2. The highest BCUT2D eigenvalue weighted by atomic mass is 16.4. The van der Waals surface area contributed by atoms with Gasteiger partial charge in [-0.3, -0.25) is 19.2 Å². The van der Waals surface area contributed by atoms with Gasteiger partial charge in [0.25, 0.3) is 0 Å². The number of carbonyl (C=O) groups excluding carboxylic acids is 4. The van der Waals surface area contributed by atoms with Crippen molar-refractivity contribution >= 4 is 40.5 Å². The molecule has 188 valence electrons. The van der Waals surface area contributed by atoms with E-state index >= 15 is 0 Å². The minimum Gasteiger partial charge on any atom is -0.480 e. The number of nitrogens with two attached hydrogens (primary N) is 1. The SMILES string of the molecule is CC(=O)N[C@@]1(C(=O)N[C@H](C(=O)N[C@@H](CC(N)=O)C(=O)O)C(C)C)CCc2[nH]c3ccccc3c2C1. The van der Waals surface area contributed by atoms with Crippen molar-refractivity contribution in [1.82, 2.24) is 20.9 Å². The van der Waals surface area contributed by atoms with Crippen molar-refractivity contribution in [3.8, 4) is 0 Å². The Morgan fingerprint density at radius 2 is 1.83 bits per heavy atom. The van der Waals surface area contributed by atoms with Crippen LogP contribution in [0.1, 0.15) is 44.9 Å². The zero-order valence-electron chi connectivity index (χ0n) is 19.9. The highest BCUT2D eigenvalue weighted by Crippen LogP contribution is 2.34. The number of hydrogen-bond donors (Lipinski definition) is 6. The van der Waals surface area contributed by atoms with E-state index in [1.807, 2.05) is 24.3 Å². The molecule has 1 aromatic heterocycles. The molecule has 0 spiro atoms. The van der Waals surface area contributed by atoms with E-state index < -0.39 is 53.7 Å². The molecule has 11 nitrogen and oxygen atoms in total. The molecular formula is C24H31N5O6. The summed E-state index contributed by atoms with van der Waals surface area (Å²) in [6.07, 6.45) is 0.461. The number of carboxylic acids is 1. The molecule has 1 aliphatic carbocycles. The zero-order chi connectivity index (χ0) is 25.9. The Hall–Kier alpha value is -3.89. The van der Waals surface area contributed by atoms with Crippen LogP contribution in [0.2, 0.25) is 0 Å². The molecule has 0 saturated heterocycles. The molecule has 4 amide bonds. The van der Waals surface area contributed by atoms with Gasteiger partial charge >= 0.3 is 5.97 Å². The molecule has 0 saturated carbocycles. The predicted molar refractivity (Wildman–Crippen MR) is 127 cm³/mol. The lowest BCUT2D eigenvalue weighted by molar-refractivity contribution is -0.144. The van der Waals surface area contributed by atoms with Gasteiger partial charge in [0.2, 0.25) is 23.6 Å². The average molecular weight is 486 g/mol. The number of aromatic amines is 1. The molecule has 0 radical (unpaired) electrons. The van der Waals surface area contributed by atoms with Gasteiger partial charge in [-0.2, -0.15) is 0 Å². The van der Waals surface area contributed by atoms with Crippen molar-refractivity contribution in [2.45, 2.75) is 64.1 Å². The number of aromatic nitrogens is 1. The lowest BCUT2D eigenvalue weighted by atomic mass is 9.78. The second-order valence-corrected chi connectivity index (χ2v) is 9.33. The minimum atomic E-state index is -1.52. The third-order valence-electron chi connectivity index (χ3n) is 6.29. The van der Waals surface area contributed by atoms with Crippen molar-refractivity contribution in [3.63, 3.8) is 0 Å². The molecule has 7 N–H and O–H groups in total. The standard InChI is InChI=1S/C24H31N5O6/c1-12(2)20(21(32)27-18(22(33)34)10-19(25)31)28-23(35)24(29-13(3)30)9-8-17-15(11-24)14-6-4-5-7-16(14)26-17/h4-7,12,18,20,26H,8-11H2,1-3H3,(H2,25,31)(H,27,32)(H,28,35)(H,29,30)(H,33,34)/t18-,20-,24-/m0/s1. The predicted octanol–water partition coefficient (Wildman–Crippen LogP) is 0.117. The maximum Gasteiger partial charge on any atom is 0.326 e. The third kappa shape index (κ3) is 5.61. The van der Waals surface area contributed by atoms with Crippen molar-refractivity contribution in [3.05, 3.63) is 35.5 Å². The number of carboxylic acid groups (broad SMARTS) is 1. The molecule has 2 aromatic rings. The first kappa shape index (κ1) is 25.7. The Labute approximate surface area is 202 Å². The molecule has 3 rings (SSSR count). The number of rotatable bonds is 9. The van der Waals surface area contributed by atoms with Crippen LogP contribution >= 0.6 is 0 Å². The van der Waals surface area contributed by atoms with E-state index in [2.05, 4.69) is 20.9 Å². The third-order valence-corrected chi connectivity index (χ3v) is 6.29. The zero-order valence-corrected chi connectivity index (χ0v) is 19.9. The Kier molecular flexibility index (Phi) is 7.47. The number of nitrogens with one attached hydrogen (secondary N) is 4. The summed E-state index contributed by atoms with van der Waals surface area (Å²) in [7, 11) is 0. The van der Waals surface area contributed by atoms with Crippen LogP contribution in [0.25, 0.3) is 10.9 Å². The number of amides is 4. The molecule has 1 heterocycles. The number of hydrogen-bond acceptors (Lipinski definition) is 5. The number of aliphatic carboxylic acids is 1. The van der Waals surface area contributed by atoms with E-state index in [4.69, 9.17) is 5.73 Å². The van der Waals surface area contributed by atoms with Gasteiger partial charge in [0.1, 0.15) is 17.6 Å². The minimum absolute atomic E-state index is 0.226. The maximum absolute atomic E-state index is 13.6. The van der Waals surface area contributed by atoms with E-state index in [1.54, 1.807) is 13.8 Å². The van der Waals surface area contributed by atoms with E-state index in [1.165, 1.54) is 6.92 Å². The Bertz CT molecular complexity index is 1170. The number of aryl methyl sites for hydroxylation is 1. The second-order valence-electron chi connectivity index (χ2n) is 9.33. The van der Waals surface area contributed by atoms with Crippen molar-refractivity contribution in [2.24, 2.45) is 11.7 Å². The Balaban J connectivity index is 1.87. The summed E-state index contributed by atoms with van der Waals surface area (Å²) in [6, 6.07) is 5.07. The highest BCUT2D eigenvalue weighted by Gasteiger charge is 2.45. The van der Waals surface area contributed by atoms with Gasteiger partial charge in [0.05, 0.1) is 6.42 Å². The van der Waals surface area contributed by atoms with Crippen molar-refractivity contribution in [2.75, 3.05) is 0 Å². The summed E-state index contributed by atoms with van der Waals surface area (Å²) in [4.78, 5) is 64.7. The monoisotopic (exact) mass is 485 g/mol. The summed E-state index contributed by atoms with van der Waals surface area (Å²) in [5, 5.41) is 18.1. The highest BCUT2D eigenvalue weighted by molar-refractivity contribution is 5.97. The smallest absolute Gasteiger partial charge is 0.326 e. The van der Waals surface area contributed by atoms with Crippen LogP contribution in [-0.2, 0) is 36.8 Å². The summed E-state index contributed by atoms with van der Waals surface area (Å²) in [5.41, 5.74) is 6.65. The Morgan fingerprint density at radius 1 is 1.14 bits per heavy atom. The molecule has 0 fully saturated rings. The number of benzene rings is 1. The van der Waals surface area contributed by atoms with Crippen molar-refractivity contribution < 1.29 is 29.1 Å². The summed E-state index contributed by atoms with van der Waals surface area (Å²) in [6.45, 7) is 4.71. The van der Waals surface area contributed by atoms with Crippen molar-refractivity contribution in [1.29, 1.82) is 0 Å². The first-order valence-electron chi connectivity index (χ1n) is 11.4. The number of para-hydroxylation sites is 1. The fourth-order valence-electron chi connectivity index (χ4n) is 4.57. The van der Waals surface area contributed by atoms with Gasteiger partial charge in [-0.05, 0) is 30.4 Å². The molecule has 11 heteroatoms. The van der Waals surface area contributed by atoms with E-state index in [9.17, 15) is 29.1 Å². The van der Waals surface area contributed by atoms with E-state index in [0.29, 0.717) is 12.8 Å². The average Bonchev–Trinajstić information content (AvgIpc) is 3.13. The van der Waals surface area contributed by atoms with Gasteiger partial charge in [0.15, 0.2) is 0 Å². The molecular weight excluding hydrogens is 454 g/mol. The van der Waals surface area contributed by atoms with Crippen LogP contribution in [0.4, 0.5) is 0 Å². The summed E-state index contributed by atoms with van der Waals surface area (Å²) < 4.78 is 0. The molecule has 0 aliphatic heterocycles. The number of fused-ring (bicyclic) bond motifs is 3. The molecule has 3 atom stereocenters. The normalized spacial score (nSPS) is 18.9. The molecule has 1 aromatic carbocycles. The number of H-pyrrole nitrogens is 1. The first-order valence-corrected chi connectivity index (χ1v) is 11.4. The van der Waals surface area contributed by atoms with Crippen LogP contribution in [-0.4, -0.2) is 57.3 Å². The molecule has 0 bridgehead atoms. The fourth-order valence-corrected chi connectivity index (χ4v) is 4.57. The lowest BCUT2D eigenvalue weighted by Gasteiger charge is -2.38. The fraction of sp³-hybridized carbons (Fsp3) is 0.458. The van der Waals surface area contributed by atoms with Gasteiger partial charge in [0, 0.05) is 29.9 Å². The lowest BCUT2D eigenvalue weighted by Crippen LogP contribution is -2.65. The van der Waals surface area contributed by atoms with Gasteiger partial charge < -0.3 is 31.8 Å². The summed E-state index contributed by atoms with van der Waals surface area (Å²) >= 11 is 0. The topological polar surface area (TPSA) is 183 Å². The largest absolute Gasteiger partial charge is 0.480 e. The van der Waals surface area contributed by atoms with Crippen LogP contribution < -0.4 is 21.7 Å². The van der Waals surface area contributed by atoms with E-state index in [0.717, 1.165) is 22.2 Å². The summed E-state index contributed by atoms with van der Waals surface area (Å²) in [5.74, 6) is -4.41. The van der Waals surface area contributed by atoms with E-state index in [-0.39, 0.29) is 12.3 Å². The van der Waals surface area contributed by atoms with Gasteiger partial charge in [-0.15, -0.1) is 0 Å². The molecule has 1 aliphatic rings. The first-order chi connectivity index (χ1) is 16.4. The van der Waals surface area contributed by atoms with Crippen LogP contribution in [0.15, 0.2) is 24.3 Å². The van der Waals surface area contributed by atoms with Crippen LogP contribution in [0.5, 0.6) is 0 Å². The van der Waals surface area contributed by atoms with Gasteiger partial charge in [-0.1, -0.05) is 32.0 Å².